The lowest BCUT2D eigenvalue weighted by Gasteiger charge is -2.24. The van der Waals surface area contributed by atoms with Gasteiger partial charge in [-0.25, -0.2) is 0 Å². The smallest absolute Gasteiger partial charge is 0.166 e. The molecule has 0 fully saturated rings. The summed E-state index contributed by atoms with van der Waals surface area (Å²) >= 11 is 5.40. The van der Waals surface area contributed by atoms with Crippen molar-refractivity contribution in [2.75, 3.05) is 35.0 Å². The molecular weight excluding hydrogens is 376 g/mol. The summed E-state index contributed by atoms with van der Waals surface area (Å²) in [4.78, 5) is 0. The lowest BCUT2D eigenvalue weighted by molar-refractivity contribution is 0.209. The van der Waals surface area contributed by atoms with E-state index in [0.717, 1.165) is 47.0 Å². The monoisotopic (exact) mass is 406 g/mol. The van der Waals surface area contributed by atoms with Crippen LogP contribution in [0, 0.1) is 5.92 Å². The average molecular weight is 407 g/mol. The number of ether oxygens (including phenoxy) is 4. The molecule has 0 saturated carbocycles. The fraction of sp³-hybridized carbons (Fsp3) is 0.476. The van der Waals surface area contributed by atoms with Crippen molar-refractivity contribution in [3.05, 3.63) is 46.9 Å². The highest BCUT2D eigenvalue weighted by atomic mass is 32.1. The molecule has 0 heterocycles. The van der Waals surface area contributed by atoms with Crippen molar-refractivity contribution in [2.45, 2.75) is 26.3 Å². The van der Waals surface area contributed by atoms with Crippen LogP contribution in [0.3, 0.4) is 0 Å². The average Bonchev–Trinajstić information content (AvgIpc) is 2.72. The first-order valence-corrected chi connectivity index (χ1v) is 9.67. The maximum Gasteiger partial charge on any atom is 0.166 e. The molecule has 28 heavy (non-hydrogen) atoms. The Bertz CT molecular complexity index is 746. The zero-order valence-corrected chi connectivity index (χ0v) is 18.1. The van der Waals surface area contributed by atoms with Gasteiger partial charge in [-0.1, -0.05) is 6.92 Å². The molecule has 6 nitrogen and oxygen atoms in total. The Balaban J connectivity index is 1.85. The van der Waals surface area contributed by atoms with Gasteiger partial charge in [0.05, 0.1) is 40.0 Å². The third-order valence-corrected chi connectivity index (χ3v) is 5.04. The van der Waals surface area contributed by atoms with E-state index >= 15 is 0 Å². The minimum Gasteiger partial charge on any atom is -0.501 e. The van der Waals surface area contributed by atoms with Crippen LogP contribution in [0.1, 0.15) is 25.3 Å². The first kappa shape index (κ1) is 21.9. The molecule has 2 N–H and O–H groups in total. The van der Waals surface area contributed by atoms with Gasteiger partial charge in [-0.2, -0.15) is 0 Å². The Morgan fingerprint density at radius 3 is 2.50 bits per heavy atom. The third-order valence-electron chi connectivity index (χ3n) is 4.75. The highest BCUT2D eigenvalue weighted by Gasteiger charge is 2.21. The van der Waals surface area contributed by atoms with E-state index in [1.54, 1.807) is 28.4 Å². The van der Waals surface area contributed by atoms with E-state index in [-0.39, 0.29) is 0 Å². The Hall–Kier alpha value is -2.41. The van der Waals surface area contributed by atoms with Crippen LogP contribution >= 0.6 is 12.2 Å². The fourth-order valence-corrected chi connectivity index (χ4v) is 3.31. The topological polar surface area (TPSA) is 61.0 Å². The molecule has 0 amide bonds. The van der Waals surface area contributed by atoms with Gasteiger partial charge in [0, 0.05) is 37.1 Å². The maximum absolute atomic E-state index is 5.55. The Kier molecular flexibility index (Phi) is 8.44. The predicted octanol–water partition coefficient (Wildman–Crippen LogP) is 3.53. The molecule has 1 aromatic rings. The summed E-state index contributed by atoms with van der Waals surface area (Å²) in [6.45, 7) is 3.40. The zero-order chi connectivity index (χ0) is 20.5. The summed E-state index contributed by atoms with van der Waals surface area (Å²) in [5.41, 5.74) is 2.15. The highest BCUT2D eigenvalue weighted by Crippen LogP contribution is 2.31. The minimum absolute atomic E-state index is 0.332. The van der Waals surface area contributed by atoms with Crippen LogP contribution in [-0.2, 0) is 16.0 Å². The largest absolute Gasteiger partial charge is 0.501 e. The summed E-state index contributed by atoms with van der Waals surface area (Å²) < 4.78 is 21.7. The number of benzene rings is 1. The van der Waals surface area contributed by atoms with Gasteiger partial charge < -0.3 is 29.6 Å². The molecule has 0 aromatic heterocycles. The molecule has 1 aromatic carbocycles. The van der Waals surface area contributed by atoms with Crippen LogP contribution in [0.2, 0.25) is 0 Å². The third kappa shape index (κ3) is 5.79. The lowest BCUT2D eigenvalue weighted by Crippen LogP contribution is -2.35. The highest BCUT2D eigenvalue weighted by molar-refractivity contribution is 7.80. The SMILES string of the molecule is COC1=CC(CCNC(=S)NCc2ccc(OC)cc2OC)=C(OC)CC1C. The quantitative estimate of drug-likeness (QED) is 0.609. The van der Waals surface area contributed by atoms with Crippen molar-refractivity contribution in [3.8, 4) is 11.5 Å². The van der Waals surface area contributed by atoms with Crippen molar-refractivity contribution < 1.29 is 18.9 Å². The molecule has 1 atom stereocenters. The predicted molar refractivity (Wildman–Crippen MR) is 115 cm³/mol. The van der Waals surface area contributed by atoms with Gasteiger partial charge >= 0.3 is 0 Å². The van der Waals surface area contributed by atoms with E-state index in [2.05, 4.69) is 23.6 Å². The summed E-state index contributed by atoms with van der Waals surface area (Å²) in [7, 11) is 6.70. The van der Waals surface area contributed by atoms with Gasteiger partial charge in [-0.05, 0) is 42.4 Å². The van der Waals surface area contributed by atoms with Crippen molar-refractivity contribution >= 4 is 17.3 Å². The first-order valence-electron chi connectivity index (χ1n) is 9.26. The van der Waals surface area contributed by atoms with Crippen molar-refractivity contribution in [2.24, 2.45) is 5.92 Å². The second-order valence-electron chi connectivity index (χ2n) is 6.55. The number of hydrogen-bond acceptors (Lipinski definition) is 5. The molecule has 1 aliphatic rings. The van der Waals surface area contributed by atoms with Gasteiger partial charge in [0.25, 0.3) is 0 Å². The number of allylic oxidation sites excluding steroid dienone is 3. The zero-order valence-electron chi connectivity index (χ0n) is 17.3. The van der Waals surface area contributed by atoms with Crippen molar-refractivity contribution in [1.29, 1.82) is 0 Å². The van der Waals surface area contributed by atoms with Crippen molar-refractivity contribution in [3.63, 3.8) is 0 Å². The fourth-order valence-electron chi connectivity index (χ4n) is 3.14. The van der Waals surface area contributed by atoms with E-state index < -0.39 is 0 Å². The summed E-state index contributed by atoms with van der Waals surface area (Å²) in [5.74, 6) is 3.85. The van der Waals surface area contributed by atoms with Gasteiger partial charge in [0.15, 0.2) is 5.11 Å². The number of methoxy groups -OCH3 is 4. The molecular formula is C21H30N2O4S. The normalized spacial score (nSPS) is 16.2. The van der Waals surface area contributed by atoms with Crippen LogP contribution < -0.4 is 20.1 Å². The van der Waals surface area contributed by atoms with Crippen molar-refractivity contribution in [1.82, 2.24) is 10.6 Å². The summed E-state index contributed by atoms with van der Waals surface area (Å²) in [6, 6.07) is 5.72. The van der Waals surface area contributed by atoms with Crippen LogP contribution in [0.5, 0.6) is 11.5 Å². The lowest BCUT2D eigenvalue weighted by atomic mass is 9.93. The molecule has 7 heteroatoms. The van der Waals surface area contributed by atoms with Crippen LogP contribution in [0.4, 0.5) is 0 Å². The minimum atomic E-state index is 0.332. The summed E-state index contributed by atoms with van der Waals surface area (Å²) in [6.07, 6.45) is 3.73. The van der Waals surface area contributed by atoms with E-state index in [1.165, 1.54) is 0 Å². The van der Waals surface area contributed by atoms with Gasteiger partial charge in [0.1, 0.15) is 11.5 Å². The molecule has 0 aliphatic heterocycles. The van der Waals surface area contributed by atoms with E-state index in [1.807, 2.05) is 18.2 Å². The van der Waals surface area contributed by atoms with Crippen LogP contribution in [-0.4, -0.2) is 40.1 Å². The van der Waals surface area contributed by atoms with Crippen LogP contribution in [0.25, 0.3) is 0 Å². The molecule has 1 aliphatic carbocycles. The number of hydrogen-bond donors (Lipinski definition) is 2. The van der Waals surface area contributed by atoms with E-state index in [0.29, 0.717) is 24.1 Å². The Labute approximate surface area is 172 Å². The Morgan fingerprint density at radius 1 is 1.07 bits per heavy atom. The first-order chi connectivity index (χ1) is 13.5. The number of rotatable bonds is 9. The second-order valence-corrected chi connectivity index (χ2v) is 6.95. The maximum atomic E-state index is 5.55. The van der Waals surface area contributed by atoms with Gasteiger partial charge in [0.2, 0.25) is 0 Å². The van der Waals surface area contributed by atoms with E-state index in [4.69, 9.17) is 31.2 Å². The molecule has 0 saturated heterocycles. The molecule has 0 bridgehead atoms. The standard InChI is InChI=1S/C21H30N2O4S/c1-14-10-19(26-4)15(11-18(14)25-3)8-9-22-21(28)23-13-16-6-7-17(24-2)12-20(16)27-5/h6-7,11-12,14H,8-10,13H2,1-5H3,(H2,22,23,28). The second kappa shape index (κ2) is 10.8. The molecule has 0 spiro atoms. The molecule has 154 valence electrons. The van der Waals surface area contributed by atoms with Gasteiger partial charge in [-0.15, -0.1) is 0 Å². The number of thiocarbonyl (C=S) groups is 1. The summed E-state index contributed by atoms with van der Waals surface area (Å²) in [5, 5.41) is 7.05. The van der Waals surface area contributed by atoms with E-state index in [9.17, 15) is 0 Å². The number of nitrogens with one attached hydrogen (secondary N) is 2. The molecule has 1 unspecified atom stereocenters. The molecule has 0 radical (unpaired) electrons. The molecule has 2 rings (SSSR count). The van der Waals surface area contributed by atoms with Gasteiger partial charge in [-0.3, -0.25) is 0 Å². The Morgan fingerprint density at radius 2 is 1.86 bits per heavy atom. The van der Waals surface area contributed by atoms with Crippen LogP contribution in [0.15, 0.2) is 41.4 Å².